The second-order valence-electron chi connectivity index (χ2n) is 4.24. The first-order valence-corrected chi connectivity index (χ1v) is 6.11. The van der Waals surface area contributed by atoms with E-state index in [-0.39, 0.29) is 12.5 Å². The molecule has 0 unspecified atom stereocenters. The normalized spacial score (nSPS) is 10.8. The Kier molecular flexibility index (Phi) is 3.99. The molecule has 2 aromatic rings. The molecule has 0 atom stereocenters. The van der Waals surface area contributed by atoms with Crippen LogP contribution in [0.15, 0.2) is 28.7 Å². The van der Waals surface area contributed by atoms with E-state index in [1.807, 2.05) is 31.2 Å². The summed E-state index contributed by atoms with van der Waals surface area (Å²) < 4.78 is 5.56. The first-order chi connectivity index (χ1) is 8.74. The molecule has 0 saturated heterocycles. The minimum atomic E-state index is -0.193. The smallest absolute Gasteiger partial charge is 0.287 e. The van der Waals surface area contributed by atoms with E-state index in [2.05, 4.69) is 5.32 Å². The van der Waals surface area contributed by atoms with Crippen LogP contribution in [0.5, 0.6) is 0 Å². The zero-order chi connectivity index (χ0) is 13.0. The fourth-order valence-electron chi connectivity index (χ4n) is 1.91. The van der Waals surface area contributed by atoms with Crippen LogP contribution < -0.4 is 5.32 Å². The maximum Gasteiger partial charge on any atom is 0.287 e. The number of carbonyl (C=O) groups is 1. The van der Waals surface area contributed by atoms with Gasteiger partial charge in [0, 0.05) is 24.1 Å². The number of rotatable bonds is 5. The third-order valence-corrected chi connectivity index (χ3v) is 2.92. The molecule has 0 spiro atoms. The van der Waals surface area contributed by atoms with E-state index >= 15 is 0 Å². The lowest BCUT2D eigenvalue weighted by Gasteiger charge is -2.02. The molecule has 0 fully saturated rings. The fourth-order valence-corrected chi connectivity index (χ4v) is 1.91. The van der Waals surface area contributed by atoms with Crippen molar-refractivity contribution in [2.45, 2.75) is 19.8 Å². The molecule has 2 N–H and O–H groups in total. The molecule has 18 heavy (non-hydrogen) atoms. The Morgan fingerprint density at radius 3 is 2.83 bits per heavy atom. The lowest BCUT2D eigenvalue weighted by molar-refractivity contribution is 0.0925. The molecule has 1 amide bonds. The molecular weight excluding hydrogens is 230 g/mol. The number of amides is 1. The molecule has 0 bridgehead atoms. The Labute approximate surface area is 106 Å². The Morgan fingerprint density at radius 1 is 1.33 bits per heavy atom. The van der Waals surface area contributed by atoms with E-state index in [1.54, 1.807) is 0 Å². The van der Waals surface area contributed by atoms with Crippen molar-refractivity contribution in [2.24, 2.45) is 0 Å². The molecule has 96 valence electrons. The third-order valence-electron chi connectivity index (χ3n) is 2.92. The van der Waals surface area contributed by atoms with Gasteiger partial charge in [-0.15, -0.1) is 0 Å². The minimum Gasteiger partial charge on any atom is -0.451 e. The number of nitrogens with one attached hydrogen (secondary N) is 1. The van der Waals surface area contributed by atoms with E-state index in [0.29, 0.717) is 18.7 Å². The van der Waals surface area contributed by atoms with Gasteiger partial charge < -0.3 is 14.8 Å². The van der Waals surface area contributed by atoms with Gasteiger partial charge in [-0.2, -0.15) is 0 Å². The Bertz CT molecular complexity index is 545. The second-order valence-corrected chi connectivity index (χ2v) is 4.24. The van der Waals surface area contributed by atoms with Crippen molar-refractivity contribution in [3.63, 3.8) is 0 Å². The van der Waals surface area contributed by atoms with E-state index < -0.39 is 0 Å². The average molecular weight is 247 g/mol. The standard InChI is InChI=1S/C14H17NO3/c1-10-11-6-2-3-7-12(11)18-13(10)14(17)15-8-4-5-9-16/h2-3,6-7,16H,4-5,8-9H2,1H3,(H,15,17). The van der Waals surface area contributed by atoms with Crippen molar-refractivity contribution in [1.29, 1.82) is 0 Å². The van der Waals surface area contributed by atoms with Gasteiger partial charge in [-0.1, -0.05) is 18.2 Å². The molecular formula is C14H17NO3. The van der Waals surface area contributed by atoms with Gasteiger partial charge in [0.25, 0.3) is 5.91 Å². The highest BCUT2D eigenvalue weighted by molar-refractivity contribution is 5.98. The number of furan rings is 1. The number of carbonyl (C=O) groups excluding carboxylic acids is 1. The van der Waals surface area contributed by atoms with Crippen LogP contribution in [0.1, 0.15) is 29.0 Å². The number of fused-ring (bicyclic) bond motifs is 1. The summed E-state index contributed by atoms with van der Waals surface area (Å²) in [5, 5.41) is 12.4. The summed E-state index contributed by atoms with van der Waals surface area (Å²) in [5.74, 6) is 0.182. The van der Waals surface area contributed by atoms with Crippen LogP contribution in [0, 0.1) is 6.92 Å². The maximum atomic E-state index is 11.9. The first-order valence-electron chi connectivity index (χ1n) is 6.11. The maximum absolute atomic E-state index is 11.9. The zero-order valence-electron chi connectivity index (χ0n) is 10.4. The van der Waals surface area contributed by atoms with Crippen LogP contribution in [0.3, 0.4) is 0 Å². The van der Waals surface area contributed by atoms with Gasteiger partial charge in [-0.05, 0) is 25.8 Å². The Hall–Kier alpha value is -1.81. The lowest BCUT2D eigenvalue weighted by Crippen LogP contribution is -2.24. The molecule has 0 radical (unpaired) electrons. The van der Waals surface area contributed by atoms with E-state index in [0.717, 1.165) is 23.0 Å². The highest BCUT2D eigenvalue weighted by Crippen LogP contribution is 2.24. The quantitative estimate of drug-likeness (QED) is 0.796. The lowest BCUT2D eigenvalue weighted by atomic mass is 10.1. The van der Waals surface area contributed by atoms with E-state index in [4.69, 9.17) is 9.52 Å². The topological polar surface area (TPSA) is 62.5 Å². The third kappa shape index (κ3) is 2.54. The molecule has 0 saturated carbocycles. The number of aryl methyl sites for hydroxylation is 1. The number of aliphatic hydroxyl groups excluding tert-OH is 1. The van der Waals surface area contributed by atoms with Gasteiger partial charge in [0.05, 0.1) is 0 Å². The van der Waals surface area contributed by atoms with E-state index in [9.17, 15) is 4.79 Å². The minimum absolute atomic E-state index is 0.152. The first kappa shape index (κ1) is 12.6. The summed E-state index contributed by atoms with van der Waals surface area (Å²) in [4.78, 5) is 11.9. The number of hydrogen-bond donors (Lipinski definition) is 2. The van der Waals surface area contributed by atoms with Crippen LogP contribution in [0.2, 0.25) is 0 Å². The SMILES string of the molecule is Cc1c(C(=O)NCCCCO)oc2ccccc12. The van der Waals surface area contributed by atoms with Crippen molar-refractivity contribution >= 4 is 16.9 Å². The Morgan fingerprint density at radius 2 is 2.11 bits per heavy atom. The molecule has 4 heteroatoms. The fraction of sp³-hybridized carbons (Fsp3) is 0.357. The van der Waals surface area contributed by atoms with Crippen molar-refractivity contribution in [2.75, 3.05) is 13.2 Å². The summed E-state index contributed by atoms with van der Waals surface area (Å²) >= 11 is 0. The molecule has 0 aliphatic heterocycles. The van der Waals surface area contributed by atoms with Crippen LogP contribution in [-0.4, -0.2) is 24.2 Å². The summed E-state index contributed by atoms with van der Waals surface area (Å²) in [6, 6.07) is 7.60. The monoisotopic (exact) mass is 247 g/mol. The number of benzene rings is 1. The summed E-state index contributed by atoms with van der Waals surface area (Å²) in [7, 11) is 0. The van der Waals surface area contributed by atoms with Crippen LogP contribution in [0.4, 0.5) is 0 Å². The van der Waals surface area contributed by atoms with Crippen molar-refractivity contribution in [1.82, 2.24) is 5.32 Å². The van der Waals surface area contributed by atoms with Gasteiger partial charge in [0.15, 0.2) is 5.76 Å². The van der Waals surface area contributed by atoms with Gasteiger partial charge in [-0.25, -0.2) is 0 Å². The van der Waals surface area contributed by atoms with Crippen LogP contribution >= 0.6 is 0 Å². The molecule has 2 rings (SSSR count). The zero-order valence-corrected chi connectivity index (χ0v) is 10.4. The van der Waals surface area contributed by atoms with Gasteiger partial charge >= 0.3 is 0 Å². The largest absolute Gasteiger partial charge is 0.451 e. The van der Waals surface area contributed by atoms with Crippen molar-refractivity contribution in [3.8, 4) is 0 Å². The molecule has 0 aliphatic rings. The summed E-state index contributed by atoms with van der Waals surface area (Å²) in [6.07, 6.45) is 1.46. The number of para-hydroxylation sites is 1. The van der Waals surface area contributed by atoms with E-state index in [1.165, 1.54) is 0 Å². The van der Waals surface area contributed by atoms with Crippen LogP contribution in [0.25, 0.3) is 11.0 Å². The highest BCUT2D eigenvalue weighted by atomic mass is 16.3. The summed E-state index contributed by atoms with van der Waals surface area (Å²) in [6.45, 7) is 2.59. The highest BCUT2D eigenvalue weighted by Gasteiger charge is 2.16. The molecule has 0 aliphatic carbocycles. The average Bonchev–Trinajstić information content (AvgIpc) is 2.73. The molecule has 4 nitrogen and oxygen atoms in total. The van der Waals surface area contributed by atoms with Gasteiger partial charge in [0.1, 0.15) is 5.58 Å². The van der Waals surface area contributed by atoms with Gasteiger partial charge in [-0.3, -0.25) is 4.79 Å². The molecule has 1 heterocycles. The predicted octanol–water partition coefficient (Wildman–Crippen LogP) is 2.24. The van der Waals surface area contributed by atoms with Crippen LogP contribution in [-0.2, 0) is 0 Å². The Balaban J connectivity index is 2.10. The summed E-state index contributed by atoms with van der Waals surface area (Å²) in [5.41, 5.74) is 1.60. The number of unbranched alkanes of at least 4 members (excludes halogenated alkanes) is 1. The number of hydrogen-bond acceptors (Lipinski definition) is 3. The molecule has 1 aromatic heterocycles. The predicted molar refractivity (Wildman–Crippen MR) is 69.6 cm³/mol. The van der Waals surface area contributed by atoms with Gasteiger partial charge in [0.2, 0.25) is 0 Å². The number of aliphatic hydroxyl groups is 1. The molecule has 1 aromatic carbocycles. The second kappa shape index (κ2) is 5.69. The van der Waals surface area contributed by atoms with Crippen molar-refractivity contribution in [3.05, 3.63) is 35.6 Å². The van der Waals surface area contributed by atoms with Crippen molar-refractivity contribution < 1.29 is 14.3 Å².